The third-order valence-corrected chi connectivity index (χ3v) is 2.97. The monoisotopic (exact) mass is 291 g/mol. The van der Waals surface area contributed by atoms with Crippen molar-refractivity contribution < 1.29 is 20.4 Å². The van der Waals surface area contributed by atoms with Gasteiger partial charge in [0.2, 0.25) is 5.75 Å². The Kier molecular flexibility index (Phi) is 6.97. The van der Waals surface area contributed by atoms with E-state index in [0.29, 0.717) is 12.3 Å². The molecule has 0 heterocycles. The molecule has 19 heavy (non-hydrogen) atoms. The number of hydrogen-bond donors (Lipinski definition) is 5. The summed E-state index contributed by atoms with van der Waals surface area (Å²) < 4.78 is 0. The summed E-state index contributed by atoms with van der Waals surface area (Å²) in [4.78, 5) is 0. The average molecular weight is 292 g/mol. The first-order chi connectivity index (χ1) is 8.34. The fraction of sp³-hybridized carbons (Fsp3) is 0.538. The molecule has 5 nitrogen and oxygen atoms in total. The molecule has 6 heteroatoms. The van der Waals surface area contributed by atoms with E-state index in [2.05, 4.69) is 0 Å². The van der Waals surface area contributed by atoms with E-state index in [1.54, 1.807) is 0 Å². The second kappa shape index (κ2) is 7.43. The molecule has 0 aliphatic carbocycles. The van der Waals surface area contributed by atoms with Crippen molar-refractivity contribution >= 4 is 12.4 Å². The zero-order valence-electron chi connectivity index (χ0n) is 11.1. The van der Waals surface area contributed by atoms with Gasteiger partial charge in [-0.05, 0) is 30.9 Å². The fourth-order valence-electron chi connectivity index (χ4n) is 1.74. The number of rotatable bonds is 5. The number of aliphatic hydroxyl groups is 1. The Balaban J connectivity index is 0.00000324. The van der Waals surface area contributed by atoms with Gasteiger partial charge in [-0.2, -0.15) is 0 Å². The maximum absolute atomic E-state index is 9.92. The molecule has 0 aliphatic rings. The Morgan fingerprint density at radius 3 is 2.16 bits per heavy atom. The summed E-state index contributed by atoms with van der Waals surface area (Å²) in [6.07, 6.45) is 0.529. The van der Waals surface area contributed by atoms with Crippen molar-refractivity contribution in [1.82, 2.24) is 0 Å². The molecule has 6 N–H and O–H groups in total. The van der Waals surface area contributed by atoms with Crippen molar-refractivity contribution in [1.29, 1.82) is 0 Å². The lowest BCUT2D eigenvalue weighted by Crippen LogP contribution is -2.26. The molecule has 1 rings (SSSR count). The van der Waals surface area contributed by atoms with Gasteiger partial charge in [0.15, 0.2) is 11.5 Å². The Morgan fingerprint density at radius 1 is 1.05 bits per heavy atom. The Morgan fingerprint density at radius 2 is 1.63 bits per heavy atom. The molecular weight excluding hydrogens is 270 g/mol. The third kappa shape index (κ3) is 4.45. The van der Waals surface area contributed by atoms with Crippen LogP contribution in [0.25, 0.3) is 0 Å². The van der Waals surface area contributed by atoms with Gasteiger partial charge in [0, 0.05) is 5.56 Å². The van der Waals surface area contributed by atoms with Crippen LogP contribution in [0.3, 0.4) is 0 Å². The molecule has 0 saturated heterocycles. The minimum atomic E-state index is -0.803. The molecule has 0 spiro atoms. The summed E-state index contributed by atoms with van der Waals surface area (Å²) in [5, 5.41) is 38.2. The predicted octanol–water partition coefficient (Wildman–Crippen LogP) is 2.02. The third-order valence-electron chi connectivity index (χ3n) is 2.97. The molecule has 110 valence electrons. The fourth-order valence-corrected chi connectivity index (χ4v) is 1.74. The number of nitrogens with two attached hydrogens (primary N) is 1. The van der Waals surface area contributed by atoms with Crippen molar-refractivity contribution in [3.8, 4) is 17.2 Å². The zero-order chi connectivity index (χ0) is 13.9. The summed E-state index contributed by atoms with van der Waals surface area (Å²) in [7, 11) is 0. The number of aromatic hydroxyl groups is 3. The van der Waals surface area contributed by atoms with Gasteiger partial charge in [0.05, 0.1) is 12.1 Å². The first kappa shape index (κ1) is 17.8. The molecular formula is C13H22ClNO4. The first-order valence-corrected chi connectivity index (χ1v) is 6.02. The van der Waals surface area contributed by atoms with E-state index in [1.165, 1.54) is 12.1 Å². The normalized spacial score (nSPS) is 13.9. The molecule has 0 radical (unpaired) electrons. The molecule has 0 amide bonds. The number of aliphatic hydroxyl groups excluding tert-OH is 1. The first-order valence-electron chi connectivity index (χ1n) is 6.02. The summed E-state index contributed by atoms with van der Waals surface area (Å²) in [5.41, 5.74) is 6.07. The van der Waals surface area contributed by atoms with Crippen molar-refractivity contribution in [2.75, 3.05) is 0 Å². The van der Waals surface area contributed by atoms with E-state index in [0.717, 1.165) is 6.42 Å². The lowest BCUT2D eigenvalue weighted by Gasteiger charge is -2.21. The molecule has 0 saturated carbocycles. The van der Waals surface area contributed by atoms with E-state index in [4.69, 9.17) is 5.73 Å². The molecule has 0 aliphatic heterocycles. The van der Waals surface area contributed by atoms with Gasteiger partial charge in [0.25, 0.3) is 0 Å². The van der Waals surface area contributed by atoms with Crippen LogP contribution in [0.15, 0.2) is 12.1 Å². The molecule has 0 fully saturated rings. The highest BCUT2D eigenvalue weighted by Crippen LogP contribution is 2.40. The quantitative estimate of drug-likeness (QED) is 0.534. The molecule has 1 aromatic carbocycles. The van der Waals surface area contributed by atoms with Gasteiger partial charge in [-0.15, -0.1) is 12.4 Å². The molecule has 0 bridgehead atoms. The van der Waals surface area contributed by atoms with Crippen LogP contribution in [0.2, 0.25) is 0 Å². The van der Waals surface area contributed by atoms with Gasteiger partial charge < -0.3 is 26.2 Å². The highest BCUT2D eigenvalue weighted by Gasteiger charge is 2.22. The number of phenols is 3. The standard InChI is InChI=1S/C13H21NO4.ClH/c1-7(2)3-5-9(15)11(14)8-4-6-10(16)13(18)12(8)17;/h4,6-7,9,11,15-18H,3,5,14H2,1-2H3;1H/t9-,11+;/m0./s1. The number of phenolic OH excluding ortho intramolecular Hbond substituents is 3. The maximum Gasteiger partial charge on any atom is 0.200 e. The Hall–Kier alpha value is -1.17. The van der Waals surface area contributed by atoms with E-state index >= 15 is 0 Å². The van der Waals surface area contributed by atoms with Crippen LogP contribution in [-0.2, 0) is 0 Å². The van der Waals surface area contributed by atoms with E-state index in [1.807, 2.05) is 13.8 Å². The van der Waals surface area contributed by atoms with Crippen LogP contribution in [0.1, 0.15) is 38.3 Å². The molecule has 1 aromatic rings. The topological polar surface area (TPSA) is 107 Å². The van der Waals surface area contributed by atoms with Crippen LogP contribution < -0.4 is 5.73 Å². The van der Waals surface area contributed by atoms with Crippen LogP contribution in [0.4, 0.5) is 0 Å². The number of benzene rings is 1. The summed E-state index contributed by atoms with van der Waals surface area (Å²) in [5.74, 6) is -1.06. The molecule has 2 atom stereocenters. The second-order valence-corrected chi connectivity index (χ2v) is 4.94. The molecule has 0 unspecified atom stereocenters. The van der Waals surface area contributed by atoms with E-state index in [9.17, 15) is 20.4 Å². The van der Waals surface area contributed by atoms with Crippen LogP contribution in [-0.4, -0.2) is 26.5 Å². The van der Waals surface area contributed by atoms with Gasteiger partial charge in [-0.3, -0.25) is 0 Å². The zero-order valence-corrected chi connectivity index (χ0v) is 11.9. The van der Waals surface area contributed by atoms with Crippen LogP contribution in [0.5, 0.6) is 17.2 Å². The van der Waals surface area contributed by atoms with Crippen LogP contribution >= 0.6 is 12.4 Å². The van der Waals surface area contributed by atoms with Gasteiger partial charge in [-0.25, -0.2) is 0 Å². The van der Waals surface area contributed by atoms with E-state index < -0.39 is 29.4 Å². The SMILES string of the molecule is CC(C)CC[C@H](O)[C@H](N)c1ccc(O)c(O)c1O.Cl. The van der Waals surface area contributed by atoms with Gasteiger partial charge in [0.1, 0.15) is 0 Å². The summed E-state index contributed by atoms with van der Waals surface area (Å²) in [6, 6.07) is 1.84. The average Bonchev–Trinajstić information content (AvgIpc) is 2.32. The highest BCUT2D eigenvalue weighted by atomic mass is 35.5. The Bertz CT molecular complexity index is 412. The van der Waals surface area contributed by atoms with Crippen molar-refractivity contribution in [3.63, 3.8) is 0 Å². The minimum absolute atomic E-state index is 0. The van der Waals surface area contributed by atoms with Gasteiger partial charge >= 0.3 is 0 Å². The highest BCUT2D eigenvalue weighted by molar-refractivity contribution is 5.85. The smallest absolute Gasteiger partial charge is 0.200 e. The van der Waals surface area contributed by atoms with Crippen LogP contribution in [0, 0.1) is 5.92 Å². The second-order valence-electron chi connectivity index (χ2n) is 4.94. The predicted molar refractivity (Wildman–Crippen MR) is 75.7 cm³/mol. The lowest BCUT2D eigenvalue weighted by atomic mass is 9.95. The minimum Gasteiger partial charge on any atom is -0.504 e. The van der Waals surface area contributed by atoms with Crippen molar-refractivity contribution in [2.24, 2.45) is 11.7 Å². The summed E-state index contributed by atoms with van der Waals surface area (Å²) >= 11 is 0. The number of halogens is 1. The largest absolute Gasteiger partial charge is 0.504 e. The molecule has 0 aromatic heterocycles. The van der Waals surface area contributed by atoms with Gasteiger partial charge in [-0.1, -0.05) is 13.8 Å². The number of hydrogen-bond acceptors (Lipinski definition) is 5. The maximum atomic E-state index is 9.92. The van der Waals surface area contributed by atoms with Crippen molar-refractivity contribution in [2.45, 2.75) is 38.8 Å². The van der Waals surface area contributed by atoms with Crippen molar-refractivity contribution in [3.05, 3.63) is 17.7 Å². The Labute approximate surface area is 119 Å². The lowest BCUT2D eigenvalue weighted by molar-refractivity contribution is 0.127. The van der Waals surface area contributed by atoms with E-state index in [-0.39, 0.29) is 18.0 Å². The summed E-state index contributed by atoms with van der Waals surface area (Å²) in [6.45, 7) is 4.09.